The summed E-state index contributed by atoms with van der Waals surface area (Å²) in [5, 5.41) is 0. The molecule has 0 spiro atoms. The maximum Gasteiger partial charge on any atom is 1.00 e. The van der Waals surface area contributed by atoms with Crippen LogP contribution in [0.2, 0.25) is 0 Å². The summed E-state index contributed by atoms with van der Waals surface area (Å²) in [6.45, 7) is 0. The van der Waals surface area contributed by atoms with Crippen molar-refractivity contribution < 1.29 is 113 Å². The van der Waals surface area contributed by atoms with Crippen LogP contribution in [0.5, 0.6) is 0 Å². The van der Waals surface area contributed by atoms with Gasteiger partial charge >= 0.3 is 88.7 Å². The van der Waals surface area contributed by atoms with Crippen LogP contribution in [0, 0.1) is 0 Å². The van der Waals surface area contributed by atoms with Crippen molar-refractivity contribution in [2.45, 2.75) is 0 Å². The van der Waals surface area contributed by atoms with Gasteiger partial charge in [0.05, 0.1) is 8.60 Å². The number of hydrogen-bond acceptors (Lipinski definition) is 5. The fraction of sp³-hybridized carbons (Fsp3) is 0. The average molecular weight is 212 g/mol. The zero-order valence-electron chi connectivity index (χ0n) is 5.97. The number of hydrogen-bond donors (Lipinski definition) is 1. The molecule has 0 saturated carbocycles. The summed E-state index contributed by atoms with van der Waals surface area (Å²) < 4.78 is 3.27. The minimum atomic E-state index is -3.17. The first-order valence-corrected chi connectivity index (χ1v) is 3.34. The van der Waals surface area contributed by atoms with Crippen LogP contribution in [0.15, 0.2) is 0 Å². The Morgan fingerprint density at radius 2 is 1.30 bits per heavy atom. The van der Waals surface area contributed by atoms with Gasteiger partial charge in [-0.25, -0.2) is 0 Å². The van der Waals surface area contributed by atoms with E-state index in [0.717, 1.165) is 0 Å². The third-order valence-electron chi connectivity index (χ3n) is 0.137. The second kappa shape index (κ2) is 15.1. The van der Waals surface area contributed by atoms with Gasteiger partial charge in [-0.05, 0) is 0 Å². The van der Waals surface area contributed by atoms with Crippen molar-refractivity contribution in [3.63, 3.8) is 0 Å². The molecule has 0 radical (unpaired) electrons. The van der Waals surface area contributed by atoms with Crippen LogP contribution >= 0.6 is 17.2 Å². The van der Waals surface area contributed by atoms with Crippen LogP contribution in [0.1, 0.15) is 0 Å². The van der Waals surface area contributed by atoms with Crippen molar-refractivity contribution in [2.24, 2.45) is 0 Å². The molecule has 0 saturated heterocycles. The summed E-state index contributed by atoms with van der Waals surface area (Å²) in [5.41, 5.74) is 0. The van der Waals surface area contributed by atoms with Crippen molar-refractivity contribution >= 4 is 17.2 Å². The molecule has 0 bridgehead atoms. The minimum absolute atomic E-state index is 0. The summed E-state index contributed by atoms with van der Waals surface area (Å²) in [7, 11) is -6.16. The fourth-order valence-corrected chi connectivity index (χ4v) is 0.513. The van der Waals surface area contributed by atoms with Crippen LogP contribution in [0.25, 0.3) is 0 Å². The van der Waals surface area contributed by atoms with E-state index in [4.69, 9.17) is 4.89 Å². The molecule has 5 nitrogen and oxygen atoms in total. The largest absolute Gasteiger partial charge is 1.00 e. The predicted molar refractivity (Wildman–Crippen MR) is 17.1 cm³/mol. The van der Waals surface area contributed by atoms with E-state index >= 15 is 0 Å². The fourth-order valence-electron chi connectivity index (χ4n) is 0.0570. The van der Waals surface area contributed by atoms with Crippen LogP contribution in [-0.2, 0) is 4.31 Å². The summed E-state index contributed by atoms with van der Waals surface area (Å²) in [6, 6.07) is 0. The van der Waals surface area contributed by atoms with E-state index in [9.17, 15) is 14.7 Å². The van der Waals surface area contributed by atoms with Crippen molar-refractivity contribution in [3.05, 3.63) is 0 Å². The second-order valence-corrected chi connectivity index (χ2v) is 2.12. The second-order valence-electron chi connectivity index (χ2n) is 0.543. The molecular weight excluding hydrogens is 211 g/mol. The normalized spacial score (nSPS) is 10.5. The first kappa shape index (κ1) is 23.5. The predicted octanol–water partition coefficient (Wildman–Crippen LogP) is -11.5. The Labute approximate surface area is 127 Å². The molecule has 0 aliphatic rings. The zero-order chi connectivity index (χ0) is 5.86. The van der Waals surface area contributed by atoms with Gasteiger partial charge in [0.15, 0.2) is 0 Å². The Morgan fingerprint density at radius 3 is 1.30 bits per heavy atom. The summed E-state index contributed by atoms with van der Waals surface area (Å²) in [4.78, 5) is 35.5. The molecule has 1 atom stereocenters. The van der Waals surface area contributed by atoms with Gasteiger partial charge < -0.3 is 23.9 Å². The van der Waals surface area contributed by atoms with Crippen LogP contribution in [-0.4, -0.2) is 4.89 Å². The molecule has 0 rings (SSSR count). The quantitative estimate of drug-likeness (QED) is 0.362. The Bertz CT molecular complexity index is 44.2. The SMILES string of the molecule is [Na+].[Na+].[Na+].[O-]P([O-])OP([O-])O. The van der Waals surface area contributed by atoms with Gasteiger partial charge in [0.2, 0.25) is 0 Å². The summed E-state index contributed by atoms with van der Waals surface area (Å²) in [5.74, 6) is 0. The van der Waals surface area contributed by atoms with E-state index in [0.29, 0.717) is 0 Å². The molecule has 0 heterocycles. The van der Waals surface area contributed by atoms with Crippen LogP contribution in [0.4, 0.5) is 0 Å². The molecule has 0 aliphatic carbocycles. The Balaban J connectivity index is -0.0000000600. The third kappa shape index (κ3) is 22.6. The van der Waals surface area contributed by atoms with Gasteiger partial charge in [0.25, 0.3) is 0 Å². The Hall–Kier alpha value is 3.66. The molecule has 0 aromatic heterocycles. The monoisotopic (exact) mass is 212 g/mol. The molecule has 0 aromatic carbocycles. The topological polar surface area (TPSA) is 98.6 Å². The molecule has 44 valence electrons. The molecule has 0 aliphatic heterocycles. The van der Waals surface area contributed by atoms with Crippen molar-refractivity contribution in [2.75, 3.05) is 0 Å². The smallest absolute Gasteiger partial charge is 0.820 e. The van der Waals surface area contributed by atoms with Gasteiger partial charge in [-0.3, -0.25) is 0 Å². The Morgan fingerprint density at radius 1 is 1.00 bits per heavy atom. The van der Waals surface area contributed by atoms with E-state index in [2.05, 4.69) is 4.31 Å². The maximum atomic E-state index is 9.35. The molecule has 0 aromatic rings. The van der Waals surface area contributed by atoms with Gasteiger partial charge in [0.1, 0.15) is 0 Å². The average Bonchev–Trinajstić information content (AvgIpc) is 1.27. The van der Waals surface area contributed by atoms with E-state index < -0.39 is 17.2 Å². The standard InChI is InChI=1S/3Na.HO5P2/c;;;1-6(2)5-7(3)4/h;;;1H/q3*+1;-3. The molecule has 10 heteroatoms. The minimum Gasteiger partial charge on any atom is -0.820 e. The van der Waals surface area contributed by atoms with E-state index in [1.165, 1.54) is 0 Å². The molecule has 10 heavy (non-hydrogen) atoms. The molecule has 0 amide bonds. The molecule has 0 fully saturated rings. The number of rotatable bonds is 2. The van der Waals surface area contributed by atoms with Gasteiger partial charge in [-0.1, -0.05) is 0 Å². The van der Waals surface area contributed by atoms with Gasteiger partial charge in [-0.2, -0.15) is 8.60 Å². The third-order valence-corrected chi connectivity index (χ3v) is 1.23. The zero-order valence-corrected chi connectivity index (χ0v) is 13.8. The molecular formula is HNa3O5P2. The van der Waals surface area contributed by atoms with Crippen molar-refractivity contribution in [3.8, 4) is 0 Å². The van der Waals surface area contributed by atoms with Gasteiger partial charge in [-0.15, -0.1) is 0 Å². The Kier molecular flexibility index (Phi) is 35.5. The summed E-state index contributed by atoms with van der Waals surface area (Å²) >= 11 is 0. The first-order valence-electron chi connectivity index (χ1n) is 1.11. The first-order chi connectivity index (χ1) is 3.13. The molecule has 1 N–H and O–H groups in total. The van der Waals surface area contributed by atoms with Crippen LogP contribution < -0.4 is 103 Å². The molecule has 1 unspecified atom stereocenters. The van der Waals surface area contributed by atoms with Crippen molar-refractivity contribution in [1.29, 1.82) is 0 Å². The van der Waals surface area contributed by atoms with Gasteiger partial charge in [0, 0.05) is 0 Å². The maximum absolute atomic E-state index is 9.35. The van der Waals surface area contributed by atoms with Crippen LogP contribution in [0.3, 0.4) is 0 Å². The van der Waals surface area contributed by atoms with Crippen molar-refractivity contribution in [1.82, 2.24) is 0 Å². The van der Waals surface area contributed by atoms with E-state index in [1.54, 1.807) is 0 Å². The van der Waals surface area contributed by atoms with E-state index in [1.807, 2.05) is 0 Å². The summed E-state index contributed by atoms with van der Waals surface area (Å²) in [6.07, 6.45) is 0. The van der Waals surface area contributed by atoms with E-state index in [-0.39, 0.29) is 88.7 Å².